The van der Waals surface area contributed by atoms with Gasteiger partial charge in [-0.25, -0.2) is 4.79 Å². The van der Waals surface area contributed by atoms with Gasteiger partial charge in [0.2, 0.25) is 0 Å². The van der Waals surface area contributed by atoms with E-state index in [1.807, 2.05) is 0 Å². The van der Waals surface area contributed by atoms with Crippen LogP contribution in [0.1, 0.15) is 13.8 Å². The van der Waals surface area contributed by atoms with Crippen LogP contribution in [0, 0.1) is 18.4 Å². The molecule has 0 aliphatic rings. The first-order chi connectivity index (χ1) is 6.54. The van der Waals surface area contributed by atoms with Crippen LogP contribution in [0.2, 0.25) is 0 Å². The normalized spacial score (nSPS) is 10.9. The lowest BCUT2D eigenvalue weighted by molar-refractivity contribution is -0.158. The molecule has 0 bridgehead atoms. The Hall–Kier alpha value is -1.83. The van der Waals surface area contributed by atoms with E-state index in [1.54, 1.807) is 13.0 Å². The second-order valence-corrected chi connectivity index (χ2v) is 2.35. The van der Waals surface area contributed by atoms with Gasteiger partial charge in [-0.1, -0.05) is 6.42 Å². The summed E-state index contributed by atoms with van der Waals surface area (Å²) in [4.78, 5) is 32.8. The molecule has 14 heavy (non-hydrogen) atoms. The zero-order valence-electron chi connectivity index (χ0n) is 7.90. The van der Waals surface area contributed by atoms with Crippen molar-refractivity contribution in [1.29, 1.82) is 0 Å². The standard InChI is InChI=1S/C9H10O5/c1-4-13-8(11)6(3)7(10)9(12)14-5-2/h2,6H,4H2,1,3H3. The van der Waals surface area contributed by atoms with E-state index in [-0.39, 0.29) is 6.61 Å². The molecule has 5 nitrogen and oxygen atoms in total. The van der Waals surface area contributed by atoms with Gasteiger partial charge < -0.3 is 9.47 Å². The Morgan fingerprint density at radius 2 is 2.00 bits per heavy atom. The van der Waals surface area contributed by atoms with E-state index in [0.717, 1.165) is 0 Å². The summed E-state index contributed by atoms with van der Waals surface area (Å²) in [6.07, 6.45) is 6.19. The van der Waals surface area contributed by atoms with Crippen LogP contribution < -0.4 is 0 Å². The van der Waals surface area contributed by atoms with Crippen molar-refractivity contribution in [3.05, 3.63) is 0 Å². The summed E-state index contributed by atoms with van der Waals surface area (Å²) in [7, 11) is 0. The highest BCUT2D eigenvalue weighted by atomic mass is 16.5. The molecule has 0 aliphatic heterocycles. The molecule has 76 valence electrons. The maximum atomic E-state index is 11.1. The van der Waals surface area contributed by atoms with Crippen LogP contribution in [0.4, 0.5) is 0 Å². The highest BCUT2D eigenvalue weighted by Crippen LogP contribution is 2.01. The Bertz CT molecular complexity index is 286. The number of ether oxygens (including phenoxy) is 2. The number of rotatable bonds is 4. The molecule has 0 radical (unpaired) electrons. The van der Waals surface area contributed by atoms with E-state index < -0.39 is 23.6 Å². The van der Waals surface area contributed by atoms with Gasteiger partial charge in [-0.3, -0.25) is 9.59 Å². The van der Waals surface area contributed by atoms with Crippen molar-refractivity contribution in [3.63, 3.8) is 0 Å². The first-order valence-corrected chi connectivity index (χ1v) is 3.91. The van der Waals surface area contributed by atoms with E-state index in [0.29, 0.717) is 0 Å². The van der Waals surface area contributed by atoms with Gasteiger partial charge in [0, 0.05) is 0 Å². The molecule has 0 heterocycles. The number of carbonyl (C=O) groups is 3. The van der Waals surface area contributed by atoms with Crippen LogP contribution in [0.5, 0.6) is 0 Å². The fraction of sp³-hybridized carbons (Fsp3) is 0.444. The third-order valence-electron chi connectivity index (χ3n) is 1.39. The lowest BCUT2D eigenvalue weighted by Crippen LogP contribution is -2.30. The molecule has 5 heteroatoms. The predicted molar refractivity (Wildman–Crippen MR) is 45.7 cm³/mol. The molecule has 0 aromatic heterocycles. The molecule has 0 amide bonds. The van der Waals surface area contributed by atoms with Crippen molar-refractivity contribution >= 4 is 17.7 Å². The zero-order valence-corrected chi connectivity index (χ0v) is 7.90. The van der Waals surface area contributed by atoms with E-state index in [9.17, 15) is 14.4 Å². The van der Waals surface area contributed by atoms with Gasteiger partial charge in [0.1, 0.15) is 12.0 Å². The average Bonchev–Trinajstić information content (AvgIpc) is 2.16. The largest absolute Gasteiger partial charge is 0.465 e. The highest BCUT2D eigenvalue weighted by Gasteiger charge is 2.29. The van der Waals surface area contributed by atoms with Crippen LogP contribution in [0.25, 0.3) is 0 Å². The fourth-order valence-electron chi connectivity index (χ4n) is 0.655. The smallest absolute Gasteiger partial charge is 0.389 e. The van der Waals surface area contributed by atoms with Crippen LogP contribution in [0.15, 0.2) is 0 Å². The van der Waals surface area contributed by atoms with Gasteiger partial charge in [-0.2, -0.15) is 0 Å². The molecule has 0 fully saturated rings. The Morgan fingerprint density at radius 1 is 1.43 bits per heavy atom. The van der Waals surface area contributed by atoms with Crippen molar-refractivity contribution in [1.82, 2.24) is 0 Å². The fourth-order valence-corrected chi connectivity index (χ4v) is 0.655. The molecule has 1 atom stereocenters. The van der Waals surface area contributed by atoms with Crippen LogP contribution >= 0.6 is 0 Å². The lowest BCUT2D eigenvalue weighted by Gasteiger charge is -2.06. The second-order valence-electron chi connectivity index (χ2n) is 2.35. The number of ketones is 1. The minimum Gasteiger partial charge on any atom is -0.465 e. The quantitative estimate of drug-likeness (QED) is 0.273. The van der Waals surface area contributed by atoms with Gasteiger partial charge in [-0.15, -0.1) is 0 Å². The van der Waals surface area contributed by atoms with Crippen LogP contribution in [0.3, 0.4) is 0 Å². The minimum atomic E-state index is -1.23. The summed E-state index contributed by atoms with van der Waals surface area (Å²) in [5.74, 6) is -4.20. The predicted octanol–water partition coefficient (Wildman–Crippen LogP) is -0.111. The maximum absolute atomic E-state index is 11.1. The molecule has 0 aromatic rings. The van der Waals surface area contributed by atoms with E-state index >= 15 is 0 Å². The van der Waals surface area contributed by atoms with Crippen molar-refractivity contribution in [2.24, 2.45) is 5.92 Å². The number of terminal acetylenes is 1. The molecular formula is C9H10O5. The number of carbonyl (C=O) groups excluding carboxylic acids is 3. The summed E-state index contributed by atoms with van der Waals surface area (Å²) < 4.78 is 8.52. The summed E-state index contributed by atoms with van der Waals surface area (Å²) in [5, 5.41) is 0. The molecule has 0 saturated heterocycles. The zero-order chi connectivity index (χ0) is 11.1. The molecule has 0 N–H and O–H groups in total. The number of hydrogen-bond donors (Lipinski definition) is 0. The molecule has 1 unspecified atom stereocenters. The van der Waals surface area contributed by atoms with Crippen molar-refractivity contribution in [2.75, 3.05) is 6.61 Å². The van der Waals surface area contributed by atoms with E-state index in [1.165, 1.54) is 6.92 Å². The molecule has 0 aromatic carbocycles. The summed E-state index contributed by atoms with van der Waals surface area (Å²) >= 11 is 0. The Labute approximate surface area is 81.4 Å². The van der Waals surface area contributed by atoms with Gasteiger partial charge in [0.05, 0.1) is 6.61 Å². The Kier molecular flexibility index (Phi) is 5.00. The minimum absolute atomic E-state index is 0.140. The maximum Gasteiger partial charge on any atom is 0.389 e. The Morgan fingerprint density at radius 3 is 2.43 bits per heavy atom. The third kappa shape index (κ3) is 3.27. The molecule has 0 aliphatic carbocycles. The SMILES string of the molecule is C#COC(=O)C(=O)C(C)C(=O)OCC. The highest BCUT2D eigenvalue weighted by molar-refractivity contribution is 6.37. The topological polar surface area (TPSA) is 69.7 Å². The molecular weight excluding hydrogens is 188 g/mol. The molecule has 0 spiro atoms. The van der Waals surface area contributed by atoms with E-state index in [2.05, 4.69) is 15.9 Å². The lowest BCUT2D eigenvalue weighted by atomic mass is 10.1. The summed E-state index contributed by atoms with van der Waals surface area (Å²) in [6, 6.07) is 0. The van der Waals surface area contributed by atoms with Gasteiger partial charge >= 0.3 is 11.9 Å². The monoisotopic (exact) mass is 198 g/mol. The van der Waals surface area contributed by atoms with Gasteiger partial charge in [-0.05, 0) is 13.8 Å². The third-order valence-corrected chi connectivity index (χ3v) is 1.39. The van der Waals surface area contributed by atoms with Crippen molar-refractivity contribution < 1.29 is 23.9 Å². The van der Waals surface area contributed by atoms with Crippen LogP contribution in [-0.4, -0.2) is 24.3 Å². The number of hydrogen-bond acceptors (Lipinski definition) is 5. The van der Waals surface area contributed by atoms with Gasteiger partial charge in [0.15, 0.2) is 0 Å². The van der Waals surface area contributed by atoms with E-state index in [4.69, 9.17) is 0 Å². The molecule has 0 saturated carbocycles. The number of Topliss-reactive ketones (excluding diaryl/α,β-unsaturated/α-hetero) is 1. The number of esters is 2. The first-order valence-electron chi connectivity index (χ1n) is 3.91. The second kappa shape index (κ2) is 5.75. The average molecular weight is 198 g/mol. The summed E-state index contributed by atoms with van der Waals surface area (Å²) in [6.45, 7) is 2.98. The first kappa shape index (κ1) is 12.2. The van der Waals surface area contributed by atoms with Gasteiger partial charge in [0.25, 0.3) is 5.78 Å². The molecule has 0 rings (SSSR count). The van der Waals surface area contributed by atoms with Crippen molar-refractivity contribution in [3.8, 4) is 12.5 Å². The summed E-state index contributed by atoms with van der Waals surface area (Å²) in [5.41, 5.74) is 0. The van der Waals surface area contributed by atoms with Crippen LogP contribution in [-0.2, 0) is 23.9 Å². The van der Waals surface area contributed by atoms with Crippen molar-refractivity contribution in [2.45, 2.75) is 13.8 Å². The Balaban J connectivity index is 4.33.